The lowest BCUT2D eigenvalue weighted by molar-refractivity contribution is 0.592. The number of hydrogen-bond acceptors (Lipinski definition) is 3. The SMILES string of the molecule is Cc1nc(-c2ccccc2)cc(-c2ccc(P(=O)(c3ccccc3)c3ccccc3)cc2)n1. The summed E-state index contributed by atoms with van der Waals surface area (Å²) in [5, 5.41) is 2.46. The normalized spacial score (nSPS) is 11.3. The smallest absolute Gasteiger partial charge is 0.171 e. The molecule has 3 nitrogen and oxygen atoms in total. The van der Waals surface area contributed by atoms with E-state index in [-0.39, 0.29) is 0 Å². The lowest BCUT2D eigenvalue weighted by Gasteiger charge is -2.20. The molecule has 0 saturated carbocycles. The molecule has 0 aliphatic heterocycles. The molecule has 4 heteroatoms. The Hall–Kier alpha value is -3.81. The van der Waals surface area contributed by atoms with Crippen molar-refractivity contribution in [3.05, 3.63) is 127 Å². The summed E-state index contributed by atoms with van der Waals surface area (Å²) in [6, 6.07) is 39.5. The Bertz CT molecular complexity index is 1370. The quantitative estimate of drug-likeness (QED) is 0.323. The average molecular weight is 446 g/mol. The fraction of sp³-hybridized carbons (Fsp3) is 0.0345. The fourth-order valence-corrected chi connectivity index (χ4v) is 6.68. The minimum atomic E-state index is -2.99. The van der Waals surface area contributed by atoms with Crippen LogP contribution >= 0.6 is 7.14 Å². The Labute approximate surface area is 194 Å². The maximum absolute atomic E-state index is 14.5. The van der Waals surface area contributed by atoms with E-state index < -0.39 is 7.14 Å². The van der Waals surface area contributed by atoms with Gasteiger partial charge in [0.2, 0.25) is 0 Å². The molecule has 33 heavy (non-hydrogen) atoms. The van der Waals surface area contributed by atoms with Crippen LogP contribution in [0.2, 0.25) is 0 Å². The van der Waals surface area contributed by atoms with E-state index in [1.54, 1.807) is 0 Å². The summed E-state index contributed by atoms with van der Waals surface area (Å²) >= 11 is 0. The Kier molecular flexibility index (Phi) is 5.73. The van der Waals surface area contributed by atoms with E-state index >= 15 is 0 Å². The Morgan fingerprint density at radius 1 is 0.515 bits per heavy atom. The molecule has 0 saturated heterocycles. The van der Waals surface area contributed by atoms with Gasteiger partial charge in [0.1, 0.15) is 5.82 Å². The van der Waals surface area contributed by atoms with Gasteiger partial charge < -0.3 is 4.57 Å². The van der Waals surface area contributed by atoms with Crippen LogP contribution in [-0.2, 0) is 4.57 Å². The average Bonchev–Trinajstić information content (AvgIpc) is 2.89. The molecule has 4 aromatic carbocycles. The summed E-state index contributed by atoms with van der Waals surface area (Å²) in [6.07, 6.45) is 0. The van der Waals surface area contributed by atoms with Gasteiger partial charge in [0.25, 0.3) is 0 Å². The predicted molar refractivity (Wildman–Crippen MR) is 137 cm³/mol. The molecule has 0 radical (unpaired) electrons. The molecular formula is C29H23N2OP. The van der Waals surface area contributed by atoms with Crippen LogP contribution < -0.4 is 15.9 Å². The van der Waals surface area contributed by atoms with Crippen LogP contribution in [0.5, 0.6) is 0 Å². The summed E-state index contributed by atoms with van der Waals surface area (Å²) in [5.41, 5.74) is 3.76. The molecule has 0 amide bonds. The minimum absolute atomic E-state index is 0.717. The van der Waals surface area contributed by atoms with Gasteiger partial charge in [-0.3, -0.25) is 0 Å². The van der Waals surface area contributed by atoms with E-state index in [2.05, 4.69) is 9.97 Å². The highest BCUT2D eigenvalue weighted by atomic mass is 31.2. The van der Waals surface area contributed by atoms with Crippen LogP contribution in [0.15, 0.2) is 121 Å². The molecule has 0 fully saturated rings. The first kappa shape index (κ1) is 21.1. The highest BCUT2D eigenvalue weighted by molar-refractivity contribution is 7.85. The van der Waals surface area contributed by atoms with Crippen molar-refractivity contribution in [1.82, 2.24) is 9.97 Å². The monoisotopic (exact) mass is 446 g/mol. The summed E-state index contributed by atoms with van der Waals surface area (Å²) in [6.45, 7) is 1.91. The van der Waals surface area contributed by atoms with Crippen molar-refractivity contribution in [3.63, 3.8) is 0 Å². The van der Waals surface area contributed by atoms with Crippen LogP contribution in [0.4, 0.5) is 0 Å². The van der Waals surface area contributed by atoms with Crippen molar-refractivity contribution in [2.24, 2.45) is 0 Å². The zero-order valence-electron chi connectivity index (χ0n) is 18.3. The number of aryl methyl sites for hydroxylation is 1. The number of aromatic nitrogens is 2. The van der Waals surface area contributed by atoms with E-state index in [9.17, 15) is 4.57 Å². The Morgan fingerprint density at radius 3 is 1.39 bits per heavy atom. The highest BCUT2D eigenvalue weighted by Gasteiger charge is 2.29. The Morgan fingerprint density at radius 2 is 0.909 bits per heavy atom. The molecule has 0 bridgehead atoms. The molecule has 0 N–H and O–H groups in total. The minimum Gasteiger partial charge on any atom is -0.309 e. The van der Waals surface area contributed by atoms with Crippen LogP contribution in [0, 0.1) is 6.92 Å². The van der Waals surface area contributed by atoms with Gasteiger partial charge in [-0.25, -0.2) is 9.97 Å². The molecule has 1 heterocycles. The van der Waals surface area contributed by atoms with Crippen molar-refractivity contribution >= 4 is 23.1 Å². The summed E-state index contributed by atoms with van der Waals surface area (Å²) in [5.74, 6) is 0.717. The van der Waals surface area contributed by atoms with E-state index in [0.717, 1.165) is 44.3 Å². The van der Waals surface area contributed by atoms with Gasteiger partial charge in [-0.05, 0) is 13.0 Å². The van der Waals surface area contributed by atoms with Gasteiger partial charge in [0, 0.05) is 27.0 Å². The van der Waals surface area contributed by atoms with E-state index in [1.807, 2.05) is 128 Å². The molecule has 5 rings (SSSR count). The zero-order chi connectivity index (χ0) is 22.7. The van der Waals surface area contributed by atoms with E-state index in [1.165, 1.54) is 0 Å². The van der Waals surface area contributed by atoms with Crippen molar-refractivity contribution in [2.75, 3.05) is 0 Å². The highest BCUT2D eigenvalue weighted by Crippen LogP contribution is 2.42. The van der Waals surface area contributed by atoms with Crippen LogP contribution in [0.25, 0.3) is 22.5 Å². The number of benzene rings is 4. The number of hydrogen-bond donors (Lipinski definition) is 0. The number of nitrogens with zero attached hydrogens (tertiary/aromatic N) is 2. The second-order valence-corrected chi connectivity index (χ2v) is 10.6. The molecule has 1 aromatic heterocycles. The van der Waals surface area contributed by atoms with Gasteiger partial charge >= 0.3 is 0 Å². The third kappa shape index (κ3) is 4.16. The summed E-state index contributed by atoms with van der Waals surface area (Å²) < 4.78 is 14.5. The molecule has 5 aromatic rings. The van der Waals surface area contributed by atoms with Gasteiger partial charge in [0.05, 0.1) is 11.4 Å². The fourth-order valence-electron chi connectivity index (χ4n) is 4.04. The molecular weight excluding hydrogens is 423 g/mol. The third-order valence-electron chi connectivity index (χ3n) is 5.67. The van der Waals surface area contributed by atoms with Gasteiger partial charge in [-0.2, -0.15) is 0 Å². The lowest BCUT2D eigenvalue weighted by atomic mass is 10.1. The standard InChI is InChI=1S/C29H23N2OP/c1-22-30-28(23-11-5-2-6-12-23)21-29(31-22)24-17-19-27(20-18-24)33(32,25-13-7-3-8-14-25)26-15-9-4-10-16-26/h2-21H,1H3. The topological polar surface area (TPSA) is 42.9 Å². The van der Waals surface area contributed by atoms with Crippen molar-refractivity contribution < 1.29 is 4.57 Å². The number of rotatable bonds is 5. The second-order valence-electron chi connectivity index (χ2n) is 7.88. The first-order valence-electron chi connectivity index (χ1n) is 10.9. The van der Waals surface area contributed by atoms with Crippen LogP contribution in [0.3, 0.4) is 0 Å². The van der Waals surface area contributed by atoms with Gasteiger partial charge in [-0.15, -0.1) is 0 Å². The molecule has 0 atom stereocenters. The van der Waals surface area contributed by atoms with Crippen LogP contribution in [-0.4, -0.2) is 9.97 Å². The maximum Gasteiger partial charge on any atom is 0.171 e. The maximum atomic E-state index is 14.5. The molecule has 0 spiro atoms. The van der Waals surface area contributed by atoms with Gasteiger partial charge in [-0.1, -0.05) is 115 Å². The first-order chi connectivity index (χ1) is 16.1. The molecule has 0 aliphatic carbocycles. The Balaban J connectivity index is 1.58. The van der Waals surface area contributed by atoms with E-state index in [0.29, 0.717) is 0 Å². The second kappa shape index (κ2) is 8.97. The van der Waals surface area contributed by atoms with Crippen LogP contribution in [0.1, 0.15) is 5.82 Å². The summed E-state index contributed by atoms with van der Waals surface area (Å²) in [7, 11) is -2.99. The predicted octanol–water partition coefficient (Wildman–Crippen LogP) is 5.76. The first-order valence-corrected chi connectivity index (χ1v) is 12.6. The van der Waals surface area contributed by atoms with Crippen molar-refractivity contribution in [3.8, 4) is 22.5 Å². The van der Waals surface area contributed by atoms with Crippen molar-refractivity contribution in [1.29, 1.82) is 0 Å². The third-order valence-corrected chi connectivity index (χ3v) is 8.75. The molecule has 0 aliphatic rings. The lowest BCUT2D eigenvalue weighted by Crippen LogP contribution is -2.24. The molecule has 160 valence electrons. The van der Waals surface area contributed by atoms with E-state index in [4.69, 9.17) is 0 Å². The molecule has 0 unspecified atom stereocenters. The van der Waals surface area contributed by atoms with Crippen molar-refractivity contribution in [2.45, 2.75) is 6.92 Å². The van der Waals surface area contributed by atoms with Gasteiger partial charge in [0.15, 0.2) is 7.14 Å². The summed E-state index contributed by atoms with van der Waals surface area (Å²) in [4.78, 5) is 9.27. The largest absolute Gasteiger partial charge is 0.309 e. The zero-order valence-corrected chi connectivity index (χ0v) is 19.2.